The maximum Gasteiger partial charge on any atom is 0.412 e. The molecule has 0 atom stereocenters. The van der Waals surface area contributed by atoms with Crippen LogP contribution >= 0.6 is 11.6 Å². The molecule has 2 aromatic rings. The molecule has 0 saturated carbocycles. The molecule has 7 heteroatoms. The summed E-state index contributed by atoms with van der Waals surface area (Å²) in [5.41, 5.74) is -0.232. The van der Waals surface area contributed by atoms with Crippen molar-refractivity contribution in [3.63, 3.8) is 0 Å². The average molecular weight is 324 g/mol. The second kappa shape index (κ2) is 6.91. The summed E-state index contributed by atoms with van der Waals surface area (Å²) in [5, 5.41) is 11.0. The van der Waals surface area contributed by atoms with Crippen LogP contribution in [0, 0.1) is 5.82 Å². The molecule has 0 aliphatic rings. The third-order valence-corrected chi connectivity index (χ3v) is 2.94. The highest BCUT2D eigenvalue weighted by atomic mass is 35.5. The first-order chi connectivity index (χ1) is 10.5. The van der Waals surface area contributed by atoms with E-state index in [1.807, 2.05) is 6.07 Å². The van der Waals surface area contributed by atoms with Crippen LogP contribution in [0.2, 0.25) is 5.02 Å². The van der Waals surface area contributed by atoms with Gasteiger partial charge in [-0.1, -0.05) is 41.9 Å². The van der Waals surface area contributed by atoms with E-state index in [1.165, 1.54) is 0 Å². The van der Waals surface area contributed by atoms with Gasteiger partial charge in [0.25, 0.3) is 0 Å². The minimum Gasteiger partial charge on any atom is -0.478 e. The zero-order chi connectivity index (χ0) is 16.1. The second-order valence-electron chi connectivity index (χ2n) is 4.31. The number of anilines is 1. The Morgan fingerprint density at radius 1 is 1.23 bits per heavy atom. The van der Waals surface area contributed by atoms with E-state index < -0.39 is 23.4 Å². The highest BCUT2D eigenvalue weighted by molar-refractivity contribution is 6.31. The number of rotatable bonds is 4. The van der Waals surface area contributed by atoms with Crippen LogP contribution in [-0.2, 0) is 11.3 Å². The molecule has 1 amide bonds. The molecule has 0 aliphatic carbocycles. The van der Waals surface area contributed by atoms with Crippen molar-refractivity contribution in [2.45, 2.75) is 6.61 Å². The molecule has 0 bridgehead atoms. The first-order valence-corrected chi connectivity index (χ1v) is 6.55. The predicted octanol–water partition coefficient (Wildman–Crippen LogP) is 3.93. The smallest absolute Gasteiger partial charge is 0.412 e. The predicted molar refractivity (Wildman–Crippen MR) is 78.6 cm³/mol. The number of amides is 1. The summed E-state index contributed by atoms with van der Waals surface area (Å²) in [5.74, 6) is -2.57. The lowest BCUT2D eigenvalue weighted by Crippen LogP contribution is -2.15. The standard InChI is InChI=1S/C15H11ClFNO4/c16-10-6-11(14(19)20)13(17)12(7-10)18-15(21)22-8-9-4-2-1-3-5-9/h1-7H,8H2,(H,18,21)(H,19,20). The van der Waals surface area contributed by atoms with E-state index in [2.05, 4.69) is 5.32 Å². The molecule has 2 rings (SSSR count). The van der Waals surface area contributed by atoms with Gasteiger partial charge in [-0.15, -0.1) is 0 Å². The zero-order valence-electron chi connectivity index (χ0n) is 11.2. The lowest BCUT2D eigenvalue weighted by atomic mass is 10.2. The minimum atomic E-state index is -1.49. The van der Waals surface area contributed by atoms with Gasteiger partial charge in [0, 0.05) is 5.02 Å². The van der Waals surface area contributed by atoms with Crippen molar-refractivity contribution in [2.75, 3.05) is 5.32 Å². The molecule has 0 saturated heterocycles. The van der Waals surface area contributed by atoms with Gasteiger partial charge in [-0.05, 0) is 17.7 Å². The van der Waals surface area contributed by atoms with E-state index in [4.69, 9.17) is 21.4 Å². The van der Waals surface area contributed by atoms with Crippen molar-refractivity contribution in [3.05, 3.63) is 64.4 Å². The summed E-state index contributed by atoms with van der Waals surface area (Å²) in [6, 6.07) is 11.0. The van der Waals surface area contributed by atoms with Gasteiger partial charge in [0.05, 0.1) is 11.3 Å². The summed E-state index contributed by atoms with van der Waals surface area (Å²) in [7, 11) is 0. The van der Waals surface area contributed by atoms with Gasteiger partial charge in [0.1, 0.15) is 6.61 Å². The quantitative estimate of drug-likeness (QED) is 0.894. The summed E-state index contributed by atoms with van der Waals surface area (Å²) >= 11 is 5.70. The molecular weight excluding hydrogens is 313 g/mol. The monoisotopic (exact) mass is 323 g/mol. The van der Waals surface area contributed by atoms with Crippen molar-refractivity contribution in [1.82, 2.24) is 0 Å². The maximum atomic E-state index is 13.9. The number of ether oxygens (including phenoxy) is 1. The van der Waals surface area contributed by atoms with Crippen LogP contribution in [0.3, 0.4) is 0 Å². The SMILES string of the molecule is O=C(Nc1cc(Cl)cc(C(=O)O)c1F)OCc1ccccc1. The summed E-state index contributed by atoms with van der Waals surface area (Å²) in [6.07, 6.45) is -0.915. The van der Waals surface area contributed by atoms with Gasteiger partial charge < -0.3 is 9.84 Å². The minimum absolute atomic E-state index is 0.000641. The molecule has 22 heavy (non-hydrogen) atoms. The molecule has 0 spiro atoms. The van der Waals surface area contributed by atoms with E-state index in [0.29, 0.717) is 0 Å². The molecule has 0 unspecified atom stereocenters. The largest absolute Gasteiger partial charge is 0.478 e. The average Bonchev–Trinajstić information content (AvgIpc) is 2.49. The summed E-state index contributed by atoms with van der Waals surface area (Å²) < 4.78 is 18.8. The van der Waals surface area contributed by atoms with E-state index in [0.717, 1.165) is 17.7 Å². The van der Waals surface area contributed by atoms with Gasteiger partial charge >= 0.3 is 12.1 Å². The summed E-state index contributed by atoms with van der Waals surface area (Å²) in [6.45, 7) is 0.000641. The van der Waals surface area contributed by atoms with E-state index in [-0.39, 0.29) is 17.3 Å². The van der Waals surface area contributed by atoms with Crippen molar-refractivity contribution in [3.8, 4) is 0 Å². The Morgan fingerprint density at radius 2 is 1.91 bits per heavy atom. The molecule has 5 nitrogen and oxygen atoms in total. The third kappa shape index (κ3) is 3.95. The molecule has 2 N–H and O–H groups in total. The highest BCUT2D eigenvalue weighted by Gasteiger charge is 2.17. The molecule has 0 aliphatic heterocycles. The van der Waals surface area contributed by atoms with Gasteiger partial charge in [-0.2, -0.15) is 0 Å². The number of nitrogens with one attached hydrogen (secondary N) is 1. The molecule has 0 aromatic heterocycles. The fourth-order valence-electron chi connectivity index (χ4n) is 1.70. The Morgan fingerprint density at radius 3 is 2.55 bits per heavy atom. The fourth-order valence-corrected chi connectivity index (χ4v) is 1.92. The maximum absolute atomic E-state index is 13.9. The lowest BCUT2D eigenvalue weighted by molar-refractivity contribution is 0.0692. The van der Waals surface area contributed by atoms with Crippen LogP contribution in [0.25, 0.3) is 0 Å². The van der Waals surface area contributed by atoms with Gasteiger partial charge in [0.15, 0.2) is 5.82 Å². The van der Waals surface area contributed by atoms with Crippen molar-refractivity contribution < 1.29 is 23.8 Å². The Labute approximate surface area is 130 Å². The molecule has 0 heterocycles. The number of carbonyl (C=O) groups excluding carboxylic acids is 1. The van der Waals surface area contributed by atoms with Gasteiger partial charge in [-0.25, -0.2) is 14.0 Å². The van der Waals surface area contributed by atoms with E-state index in [9.17, 15) is 14.0 Å². The number of hydrogen-bond donors (Lipinski definition) is 2. The van der Waals surface area contributed by atoms with Crippen LogP contribution in [0.1, 0.15) is 15.9 Å². The Bertz CT molecular complexity index is 706. The molecule has 0 radical (unpaired) electrons. The number of benzene rings is 2. The number of halogens is 2. The lowest BCUT2D eigenvalue weighted by Gasteiger charge is -2.09. The van der Waals surface area contributed by atoms with Crippen LogP contribution in [0.5, 0.6) is 0 Å². The first-order valence-electron chi connectivity index (χ1n) is 6.17. The van der Waals surface area contributed by atoms with Crippen LogP contribution in [0.4, 0.5) is 14.9 Å². The topological polar surface area (TPSA) is 75.6 Å². The number of carbonyl (C=O) groups is 2. The molecule has 0 fully saturated rings. The number of hydrogen-bond acceptors (Lipinski definition) is 3. The Hall–Kier alpha value is -2.60. The zero-order valence-corrected chi connectivity index (χ0v) is 11.9. The normalized spacial score (nSPS) is 10.1. The van der Waals surface area contributed by atoms with Crippen LogP contribution in [0.15, 0.2) is 42.5 Å². The van der Waals surface area contributed by atoms with Crippen molar-refractivity contribution in [2.24, 2.45) is 0 Å². The summed E-state index contributed by atoms with van der Waals surface area (Å²) in [4.78, 5) is 22.5. The fraction of sp³-hybridized carbons (Fsp3) is 0.0667. The van der Waals surface area contributed by atoms with Crippen LogP contribution in [-0.4, -0.2) is 17.2 Å². The number of aromatic carboxylic acids is 1. The molecule has 2 aromatic carbocycles. The Balaban J connectivity index is 2.07. The highest BCUT2D eigenvalue weighted by Crippen LogP contribution is 2.24. The van der Waals surface area contributed by atoms with E-state index >= 15 is 0 Å². The third-order valence-electron chi connectivity index (χ3n) is 2.72. The second-order valence-corrected chi connectivity index (χ2v) is 4.74. The van der Waals surface area contributed by atoms with Gasteiger partial charge in [0.2, 0.25) is 0 Å². The first kappa shape index (κ1) is 15.8. The Kier molecular flexibility index (Phi) is 4.95. The number of carboxylic acids is 1. The molecular formula is C15H11ClFNO4. The van der Waals surface area contributed by atoms with E-state index in [1.54, 1.807) is 24.3 Å². The van der Waals surface area contributed by atoms with Crippen molar-refractivity contribution in [1.29, 1.82) is 0 Å². The van der Waals surface area contributed by atoms with Crippen molar-refractivity contribution >= 4 is 29.4 Å². The molecule has 114 valence electrons. The van der Waals surface area contributed by atoms with Gasteiger partial charge in [-0.3, -0.25) is 5.32 Å². The van der Waals surface area contributed by atoms with Crippen LogP contribution < -0.4 is 5.32 Å². The number of carboxylic acid groups (broad SMARTS) is 1.